The second-order valence-corrected chi connectivity index (χ2v) is 8.65. The van der Waals surface area contributed by atoms with Crippen LogP contribution in [0.3, 0.4) is 0 Å². The van der Waals surface area contributed by atoms with Gasteiger partial charge >= 0.3 is 0 Å². The number of nitrogens with one attached hydrogen (secondary N) is 1. The Labute approximate surface area is 166 Å². The van der Waals surface area contributed by atoms with Crippen LogP contribution in [0.4, 0.5) is 0 Å². The molecule has 1 saturated heterocycles. The first-order chi connectivity index (χ1) is 13.4. The first-order valence-electron chi connectivity index (χ1n) is 9.21. The predicted octanol–water partition coefficient (Wildman–Crippen LogP) is 1.79. The zero-order valence-corrected chi connectivity index (χ0v) is 16.7. The number of hydrogen-bond donors (Lipinski definition) is 1. The molecule has 0 spiro atoms. The van der Waals surface area contributed by atoms with Crippen LogP contribution in [0.15, 0.2) is 54.6 Å². The highest BCUT2D eigenvalue weighted by atomic mass is 32.2. The summed E-state index contributed by atoms with van der Waals surface area (Å²) in [6.45, 7) is 3.46. The van der Waals surface area contributed by atoms with Crippen molar-refractivity contribution in [2.24, 2.45) is 0 Å². The lowest BCUT2D eigenvalue weighted by atomic mass is 10.2. The molecule has 0 atom stereocenters. The summed E-state index contributed by atoms with van der Waals surface area (Å²) >= 11 is 0. The van der Waals surface area contributed by atoms with Gasteiger partial charge in [-0.15, -0.1) is 0 Å². The van der Waals surface area contributed by atoms with Gasteiger partial charge in [0.1, 0.15) is 11.5 Å². The Bertz CT molecular complexity index is 895. The van der Waals surface area contributed by atoms with E-state index in [4.69, 9.17) is 4.74 Å². The molecule has 1 N–H and O–H groups in total. The molecule has 7 nitrogen and oxygen atoms in total. The van der Waals surface area contributed by atoms with Crippen molar-refractivity contribution in [1.29, 1.82) is 0 Å². The molecule has 1 fully saturated rings. The molecule has 3 rings (SSSR count). The fourth-order valence-electron chi connectivity index (χ4n) is 3.07. The van der Waals surface area contributed by atoms with E-state index in [1.165, 1.54) is 10.6 Å². The largest absolute Gasteiger partial charge is 0.457 e. The average Bonchev–Trinajstić information content (AvgIpc) is 2.69. The fraction of sp³-hybridized carbons (Fsp3) is 0.350. The topological polar surface area (TPSA) is 79.0 Å². The third kappa shape index (κ3) is 5.54. The number of hydrogen-bond acceptors (Lipinski definition) is 5. The molecule has 1 amide bonds. The summed E-state index contributed by atoms with van der Waals surface area (Å²) in [5, 5.41) is 2.92. The number of nitrogens with zero attached hydrogens (tertiary/aromatic N) is 2. The van der Waals surface area contributed by atoms with Crippen molar-refractivity contribution >= 4 is 15.9 Å². The van der Waals surface area contributed by atoms with Crippen LogP contribution in [0.1, 0.15) is 10.4 Å². The molecule has 1 aliphatic heterocycles. The Balaban J connectivity index is 1.51. The highest BCUT2D eigenvalue weighted by Crippen LogP contribution is 2.24. The quantitative estimate of drug-likeness (QED) is 0.763. The number of carbonyl (C=O) groups is 1. The van der Waals surface area contributed by atoms with Gasteiger partial charge in [-0.2, -0.15) is 4.31 Å². The zero-order chi connectivity index (χ0) is 20.0. The number of benzene rings is 2. The maximum atomic E-state index is 12.6. The van der Waals surface area contributed by atoms with Crippen LogP contribution in [-0.4, -0.2) is 69.1 Å². The molecule has 0 bridgehead atoms. The lowest BCUT2D eigenvalue weighted by molar-refractivity contribution is 0.0943. The minimum absolute atomic E-state index is 0.193. The summed E-state index contributed by atoms with van der Waals surface area (Å²) in [5.74, 6) is 0.987. The van der Waals surface area contributed by atoms with Gasteiger partial charge in [0.05, 0.1) is 11.8 Å². The third-order valence-electron chi connectivity index (χ3n) is 4.62. The van der Waals surface area contributed by atoms with E-state index < -0.39 is 10.0 Å². The number of rotatable bonds is 7. The summed E-state index contributed by atoms with van der Waals surface area (Å²) < 4.78 is 30.4. The van der Waals surface area contributed by atoms with Crippen LogP contribution < -0.4 is 10.1 Å². The Morgan fingerprint density at radius 1 is 1.00 bits per heavy atom. The summed E-state index contributed by atoms with van der Waals surface area (Å²) in [4.78, 5) is 14.7. The van der Waals surface area contributed by atoms with Crippen LogP contribution in [0.5, 0.6) is 11.5 Å². The van der Waals surface area contributed by atoms with Crippen molar-refractivity contribution in [3.05, 3.63) is 60.2 Å². The molecule has 0 aromatic heterocycles. The van der Waals surface area contributed by atoms with Gasteiger partial charge < -0.3 is 10.1 Å². The van der Waals surface area contributed by atoms with E-state index in [1.807, 2.05) is 36.4 Å². The summed E-state index contributed by atoms with van der Waals surface area (Å²) in [6, 6.07) is 16.5. The number of ether oxygens (including phenoxy) is 1. The summed E-state index contributed by atoms with van der Waals surface area (Å²) in [7, 11) is -3.13. The van der Waals surface area contributed by atoms with E-state index in [1.54, 1.807) is 18.2 Å². The second kappa shape index (κ2) is 9.18. The maximum Gasteiger partial charge on any atom is 0.255 e. The fourth-order valence-corrected chi connectivity index (χ4v) is 3.89. The van der Waals surface area contributed by atoms with Crippen molar-refractivity contribution in [1.82, 2.24) is 14.5 Å². The molecule has 2 aromatic rings. The van der Waals surface area contributed by atoms with Gasteiger partial charge in [0.25, 0.3) is 5.91 Å². The zero-order valence-electron chi connectivity index (χ0n) is 15.9. The van der Waals surface area contributed by atoms with Crippen LogP contribution in [-0.2, 0) is 10.0 Å². The highest BCUT2D eigenvalue weighted by Gasteiger charge is 2.23. The van der Waals surface area contributed by atoms with E-state index in [2.05, 4.69) is 10.2 Å². The van der Waals surface area contributed by atoms with Gasteiger partial charge in [0.2, 0.25) is 10.0 Å². The number of para-hydroxylation sites is 2. The van der Waals surface area contributed by atoms with Crippen LogP contribution in [0, 0.1) is 0 Å². The smallest absolute Gasteiger partial charge is 0.255 e. The lowest BCUT2D eigenvalue weighted by Gasteiger charge is -2.33. The van der Waals surface area contributed by atoms with Crippen LogP contribution >= 0.6 is 0 Å². The Morgan fingerprint density at radius 3 is 2.32 bits per heavy atom. The van der Waals surface area contributed by atoms with E-state index in [9.17, 15) is 13.2 Å². The first kappa shape index (κ1) is 20.3. The van der Waals surface area contributed by atoms with E-state index in [0.29, 0.717) is 56.3 Å². The highest BCUT2D eigenvalue weighted by molar-refractivity contribution is 7.88. The Morgan fingerprint density at radius 2 is 1.64 bits per heavy atom. The van der Waals surface area contributed by atoms with Gasteiger partial charge in [-0.05, 0) is 24.3 Å². The summed E-state index contributed by atoms with van der Waals surface area (Å²) in [6.07, 6.45) is 1.23. The molecule has 150 valence electrons. The van der Waals surface area contributed by atoms with Crippen molar-refractivity contribution < 1.29 is 17.9 Å². The first-order valence-corrected chi connectivity index (χ1v) is 11.1. The molecule has 1 aliphatic rings. The number of carbonyl (C=O) groups excluding carboxylic acids is 1. The van der Waals surface area contributed by atoms with Gasteiger partial charge in [-0.1, -0.05) is 30.3 Å². The van der Waals surface area contributed by atoms with E-state index >= 15 is 0 Å². The van der Waals surface area contributed by atoms with Gasteiger partial charge in [-0.25, -0.2) is 8.42 Å². The molecule has 0 unspecified atom stereocenters. The van der Waals surface area contributed by atoms with E-state index in [0.717, 1.165) is 0 Å². The normalized spacial score (nSPS) is 15.9. The van der Waals surface area contributed by atoms with Gasteiger partial charge in [0.15, 0.2) is 0 Å². The van der Waals surface area contributed by atoms with E-state index in [-0.39, 0.29) is 5.91 Å². The predicted molar refractivity (Wildman–Crippen MR) is 108 cm³/mol. The molecule has 0 aliphatic carbocycles. The SMILES string of the molecule is CS(=O)(=O)N1CCN(CCNC(=O)c2ccccc2Oc2ccccc2)CC1. The molecule has 1 heterocycles. The number of sulfonamides is 1. The van der Waals surface area contributed by atoms with Crippen molar-refractivity contribution in [2.75, 3.05) is 45.5 Å². The van der Waals surface area contributed by atoms with Crippen molar-refractivity contribution in [2.45, 2.75) is 0 Å². The number of amides is 1. The molecular weight excluding hydrogens is 378 g/mol. The van der Waals surface area contributed by atoms with Crippen LogP contribution in [0.2, 0.25) is 0 Å². The molecule has 0 radical (unpaired) electrons. The molecule has 8 heteroatoms. The van der Waals surface area contributed by atoms with Gasteiger partial charge in [0, 0.05) is 39.3 Å². The maximum absolute atomic E-state index is 12.6. The third-order valence-corrected chi connectivity index (χ3v) is 5.92. The molecule has 2 aromatic carbocycles. The standard InChI is InChI=1S/C20H25N3O4S/c1-28(25,26)23-15-13-22(14-16-23)12-11-21-20(24)18-9-5-6-10-19(18)27-17-7-3-2-4-8-17/h2-10H,11-16H2,1H3,(H,21,24). The summed E-state index contributed by atoms with van der Waals surface area (Å²) in [5.41, 5.74) is 0.480. The van der Waals surface area contributed by atoms with Crippen molar-refractivity contribution in [3.63, 3.8) is 0 Å². The Kier molecular flexibility index (Phi) is 6.66. The van der Waals surface area contributed by atoms with Crippen molar-refractivity contribution in [3.8, 4) is 11.5 Å². The second-order valence-electron chi connectivity index (χ2n) is 6.67. The molecular formula is C20H25N3O4S. The average molecular weight is 404 g/mol. The lowest BCUT2D eigenvalue weighted by Crippen LogP contribution is -2.49. The molecule has 0 saturated carbocycles. The monoisotopic (exact) mass is 403 g/mol. The number of piperazine rings is 1. The minimum Gasteiger partial charge on any atom is -0.457 e. The van der Waals surface area contributed by atoms with Crippen LogP contribution in [0.25, 0.3) is 0 Å². The molecule has 28 heavy (non-hydrogen) atoms. The Hall–Kier alpha value is -2.42. The van der Waals surface area contributed by atoms with Gasteiger partial charge in [-0.3, -0.25) is 9.69 Å². The minimum atomic E-state index is -3.13.